The molecule has 22 heavy (non-hydrogen) atoms. The fourth-order valence-corrected chi connectivity index (χ4v) is 3.95. The number of carbonyl (C=O) groups excluding carboxylic acids is 1. The van der Waals surface area contributed by atoms with Gasteiger partial charge >= 0.3 is 0 Å². The van der Waals surface area contributed by atoms with Crippen molar-refractivity contribution in [3.63, 3.8) is 0 Å². The van der Waals surface area contributed by atoms with Gasteiger partial charge in [0.2, 0.25) is 0 Å². The molecular weight excluding hydrogens is 290 g/mol. The Hall–Kier alpha value is -1.45. The maximum atomic E-state index is 12.5. The van der Waals surface area contributed by atoms with Crippen molar-refractivity contribution in [2.75, 3.05) is 13.1 Å². The quantitative estimate of drug-likeness (QED) is 0.798. The van der Waals surface area contributed by atoms with E-state index in [0.717, 1.165) is 38.9 Å². The van der Waals surface area contributed by atoms with Crippen LogP contribution in [-0.2, 0) is 17.8 Å². The van der Waals surface area contributed by atoms with E-state index in [-0.39, 0.29) is 5.92 Å². The van der Waals surface area contributed by atoms with Crippen LogP contribution < -0.4 is 0 Å². The molecular formula is C19H23NOS. The number of nitrogens with zero attached hydrogens (tertiary/aromatic N) is 1. The summed E-state index contributed by atoms with van der Waals surface area (Å²) >= 11 is 1.81. The molecule has 3 rings (SSSR count). The van der Waals surface area contributed by atoms with Crippen LogP contribution in [-0.4, -0.2) is 23.8 Å². The third kappa shape index (κ3) is 4.28. The van der Waals surface area contributed by atoms with Crippen molar-refractivity contribution in [3.8, 4) is 0 Å². The predicted octanol–water partition coefficient (Wildman–Crippen LogP) is 4.16. The van der Waals surface area contributed by atoms with Gasteiger partial charge < -0.3 is 0 Å². The molecule has 0 amide bonds. The highest BCUT2D eigenvalue weighted by molar-refractivity contribution is 7.09. The van der Waals surface area contributed by atoms with Gasteiger partial charge in [-0.3, -0.25) is 9.69 Å². The number of piperidine rings is 1. The number of Topliss-reactive ketones (excluding diaryl/α,β-unsaturated/α-hetero) is 1. The molecule has 2 aromatic rings. The second-order valence-corrected chi connectivity index (χ2v) is 7.14. The van der Waals surface area contributed by atoms with Crippen LogP contribution >= 0.6 is 11.3 Å². The lowest BCUT2D eigenvalue weighted by atomic mass is 9.90. The highest BCUT2D eigenvalue weighted by Crippen LogP contribution is 2.22. The third-order valence-electron chi connectivity index (χ3n) is 4.42. The van der Waals surface area contributed by atoms with Crippen molar-refractivity contribution in [1.29, 1.82) is 0 Å². The molecule has 1 aromatic carbocycles. The molecule has 0 saturated carbocycles. The van der Waals surface area contributed by atoms with Gasteiger partial charge in [-0.05, 0) is 42.8 Å². The SMILES string of the molecule is O=C(CCc1ccccc1)[C@H]1CCCN(Cc2cccs2)C1. The van der Waals surface area contributed by atoms with Gasteiger partial charge in [-0.25, -0.2) is 0 Å². The molecule has 1 aliphatic rings. The number of hydrogen-bond acceptors (Lipinski definition) is 3. The van der Waals surface area contributed by atoms with Crippen LogP contribution in [0, 0.1) is 5.92 Å². The summed E-state index contributed by atoms with van der Waals surface area (Å²) in [6.07, 6.45) is 3.77. The van der Waals surface area contributed by atoms with Crippen molar-refractivity contribution in [1.82, 2.24) is 4.90 Å². The van der Waals surface area contributed by atoms with Crippen molar-refractivity contribution < 1.29 is 4.79 Å². The van der Waals surface area contributed by atoms with Crippen molar-refractivity contribution >= 4 is 17.1 Å². The Bertz CT molecular complexity index is 579. The van der Waals surface area contributed by atoms with Crippen LogP contribution in [0.15, 0.2) is 47.8 Å². The summed E-state index contributed by atoms with van der Waals surface area (Å²) in [5.74, 6) is 0.678. The average Bonchev–Trinajstić information content (AvgIpc) is 3.07. The summed E-state index contributed by atoms with van der Waals surface area (Å²) in [5.41, 5.74) is 1.27. The first-order valence-corrected chi connectivity index (χ1v) is 9.00. The zero-order valence-corrected chi connectivity index (χ0v) is 13.7. The summed E-state index contributed by atoms with van der Waals surface area (Å²) in [7, 11) is 0. The molecule has 0 bridgehead atoms. The second-order valence-electron chi connectivity index (χ2n) is 6.11. The van der Waals surface area contributed by atoms with Crippen LogP contribution in [0.4, 0.5) is 0 Å². The van der Waals surface area contributed by atoms with E-state index >= 15 is 0 Å². The summed E-state index contributed by atoms with van der Waals surface area (Å²) in [5, 5.41) is 2.13. The van der Waals surface area contributed by atoms with E-state index in [2.05, 4.69) is 34.5 Å². The highest BCUT2D eigenvalue weighted by atomic mass is 32.1. The molecule has 1 saturated heterocycles. The molecule has 0 spiro atoms. The van der Waals surface area contributed by atoms with Gasteiger partial charge in [0.15, 0.2) is 0 Å². The van der Waals surface area contributed by atoms with Crippen LogP contribution in [0.2, 0.25) is 0 Å². The average molecular weight is 313 g/mol. The largest absolute Gasteiger partial charge is 0.299 e. The van der Waals surface area contributed by atoms with Crippen molar-refractivity contribution in [2.45, 2.75) is 32.2 Å². The van der Waals surface area contributed by atoms with E-state index in [1.165, 1.54) is 10.4 Å². The first-order valence-electron chi connectivity index (χ1n) is 8.12. The summed E-state index contributed by atoms with van der Waals surface area (Å²) < 4.78 is 0. The van der Waals surface area contributed by atoms with Gasteiger partial charge in [0.05, 0.1) is 0 Å². The van der Waals surface area contributed by atoms with Gasteiger partial charge in [-0.1, -0.05) is 36.4 Å². The number of aryl methyl sites for hydroxylation is 1. The Labute approximate surface area is 136 Å². The highest BCUT2D eigenvalue weighted by Gasteiger charge is 2.25. The topological polar surface area (TPSA) is 20.3 Å². The van der Waals surface area contributed by atoms with E-state index in [0.29, 0.717) is 12.2 Å². The van der Waals surface area contributed by atoms with Gasteiger partial charge in [-0.2, -0.15) is 0 Å². The Morgan fingerprint density at radius 3 is 2.82 bits per heavy atom. The standard InChI is InChI=1S/C19H23NOS/c21-19(11-10-16-6-2-1-3-7-16)17-8-4-12-20(14-17)15-18-9-5-13-22-18/h1-3,5-7,9,13,17H,4,8,10-12,14-15H2/t17-/m0/s1. The lowest BCUT2D eigenvalue weighted by Gasteiger charge is -2.31. The number of ketones is 1. The molecule has 1 fully saturated rings. The fraction of sp³-hybridized carbons (Fsp3) is 0.421. The Morgan fingerprint density at radius 1 is 1.18 bits per heavy atom. The van der Waals surface area contributed by atoms with Crippen LogP contribution in [0.1, 0.15) is 29.7 Å². The minimum atomic E-state index is 0.234. The summed E-state index contributed by atoms with van der Waals surface area (Å²) in [6, 6.07) is 14.6. The first-order chi connectivity index (χ1) is 10.8. The lowest BCUT2D eigenvalue weighted by molar-refractivity contribution is -0.124. The van der Waals surface area contributed by atoms with Crippen molar-refractivity contribution in [2.24, 2.45) is 5.92 Å². The number of rotatable bonds is 6. The molecule has 1 aromatic heterocycles. The third-order valence-corrected chi connectivity index (χ3v) is 5.28. The molecule has 3 heteroatoms. The van der Waals surface area contributed by atoms with Crippen LogP contribution in [0.25, 0.3) is 0 Å². The minimum absolute atomic E-state index is 0.234. The second kappa shape index (κ2) is 7.70. The van der Waals surface area contributed by atoms with E-state index in [4.69, 9.17) is 0 Å². The minimum Gasteiger partial charge on any atom is -0.299 e. The van der Waals surface area contributed by atoms with E-state index in [1.54, 1.807) is 0 Å². The molecule has 2 heterocycles. The maximum absolute atomic E-state index is 12.5. The molecule has 0 unspecified atom stereocenters. The molecule has 1 aliphatic heterocycles. The smallest absolute Gasteiger partial charge is 0.137 e. The van der Waals surface area contributed by atoms with Crippen LogP contribution in [0.3, 0.4) is 0 Å². The van der Waals surface area contributed by atoms with Gasteiger partial charge in [0.1, 0.15) is 5.78 Å². The van der Waals surface area contributed by atoms with Gasteiger partial charge in [0.25, 0.3) is 0 Å². The normalized spacial score (nSPS) is 19.2. The number of hydrogen-bond donors (Lipinski definition) is 0. The molecule has 116 valence electrons. The van der Waals surface area contributed by atoms with Gasteiger partial charge in [0, 0.05) is 30.3 Å². The monoisotopic (exact) mass is 313 g/mol. The van der Waals surface area contributed by atoms with Gasteiger partial charge in [-0.15, -0.1) is 11.3 Å². The Balaban J connectivity index is 1.49. The number of thiophene rings is 1. The number of carbonyl (C=O) groups is 1. The molecule has 2 nitrogen and oxygen atoms in total. The van der Waals surface area contributed by atoms with E-state index in [9.17, 15) is 4.79 Å². The van der Waals surface area contributed by atoms with Crippen LogP contribution in [0.5, 0.6) is 0 Å². The zero-order valence-electron chi connectivity index (χ0n) is 12.9. The number of benzene rings is 1. The van der Waals surface area contributed by atoms with Crippen molar-refractivity contribution in [3.05, 3.63) is 58.3 Å². The zero-order chi connectivity index (χ0) is 15.2. The summed E-state index contributed by atoms with van der Waals surface area (Å²) in [4.78, 5) is 16.3. The first kappa shape index (κ1) is 15.4. The fourth-order valence-electron chi connectivity index (χ4n) is 3.20. The molecule has 0 radical (unpaired) electrons. The number of likely N-dealkylation sites (tertiary alicyclic amines) is 1. The molecule has 0 aliphatic carbocycles. The lowest BCUT2D eigenvalue weighted by Crippen LogP contribution is -2.38. The Morgan fingerprint density at radius 2 is 2.05 bits per heavy atom. The van der Waals surface area contributed by atoms with E-state index in [1.807, 2.05) is 29.5 Å². The predicted molar refractivity (Wildman–Crippen MR) is 92.1 cm³/mol. The molecule has 0 N–H and O–H groups in total. The van der Waals surface area contributed by atoms with E-state index < -0.39 is 0 Å². The Kier molecular flexibility index (Phi) is 5.41. The molecule has 1 atom stereocenters. The maximum Gasteiger partial charge on any atom is 0.137 e. The summed E-state index contributed by atoms with van der Waals surface area (Å²) in [6.45, 7) is 3.06.